The highest BCUT2D eigenvalue weighted by Crippen LogP contribution is 2.30. The summed E-state index contributed by atoms with van der Waals surface area (Å²) in [6.07, 6.45) is 8.77. The van der Waals surface area contributed by atoms with Gasteiger partial charge in [-0.15, -0.1) is 0 Å². The molecule has 0 spiro atoms. The lowest BCUT2D eigenvalue weighted by Crippen LogP contribution is -2.39. The van der Waals surface area contributed by atoms with E-state index in [2.05, 4.69) is 20.2 Å². The minimum absolute atomic E-state index is 0.00575. The lowest BCUT2D eigenvalue weighted by atomic mass is 10.1. The van der Waals surface area contributed by atoms with E-state index in [0.717, 1.165) is 31.5 Å². The van der Waals surface area contributed by atoms with E-state index in [1.54, 1.807) is 24.8 Å². The summed E-state index contributed by atoms with van der Waals surface area (Å²) in [7, 11) is 0. The van der Waals surface area contributed by atoms with Gasteiger partial charge in [0, 0.05) is 25.1 Å². The van der Waals surface area contributed by atoms with Crippen LogP contribution in [-0.4, -0.2) is 33.4 Å². The number of carbonyl (C=O) groups excluding carboxylic acids is 1. The quantitative estimate of drug-likeness (QED) is 0.709. The van der Waals surface area contributed by atoms with Gasteiger partial charge in [0.15, 0.2) is 5.75 Å². The van der Waals surface area contributed by atoms with Crippen LogP contribution in [0.3, 0.4) is 0 Å². The van der Waals surface area contributed by atoms with Crippen molar-refractivity contribution in [2.24, 2.45) is 0 Å². The first-order valence-electron chi connectivity index (χ1n) is 9.40. The molecule has 4 rings (SSSR count). The average Bonchev–Trinajstić information content (AvgIpc) is 3.19. The third-order valence-corrected chi connectivity index (χ3v) is 4.81. The van der Waals surface area contributed by atoms with E-state index in [-0.39, 0.29) is 11.9 Å². The highest BCUT2D eigenvalue weighted by molar-refractivity contribution is 5.96. The van der Waals surface area contributed by atoms with Crippen molar-refractivity contribution >= 4 is 11.6 Å². The van der Waals surface area contributed by atoms with E-state index in [1.807, 2.05) is 48.5 Å². The molecule has 0 bridgehead atoms. The van der Waals surface area contributed by atoms with Gasteiger partial charge in [-0.2, -0.15) is 0 Å². The number of rotatable bonds is 6. The van der Waals surface area contributed by atoms with Crippen LogP contribution >= 0.6 is 0 Å². The van der Waals surface area contributed by atoms with Gasteiger partial charge in [-0.1, -0.05) is 12.1 Å². The molecular weight excluding hydrogens is 352 g/mol. The molecule has 1 saturated heterocycles. The number of ether oxygens (including phenoxy) is 1. The van der Waals surface area contributed by atoms with Crippen molar-refractivity contribution in [2.75, 3.05) is 11.9 Å². The summed E-state index contributed by atoms with van der Waals surface area (Å²) < 4.78 is 5.90. The molecule has 0 radical (unpaired) electrons. The summed E-state index contributed by atoms with van der Waals surface area (Å²) in [5, 5.41) is 3.05. The predicted octanol–water partition coefficient (Wildman–Crippen LogP) is 3.87. The molecule has 1 aliphatic rings. The van der Waals surface area contributed by atoms with E-state index in [4.69, 9.17) is 4.74 Å². The SMILES string of the molecule is O=C(Nc1ccccc1Oc1cccnc1)[C@@H]1CCCN1Cc1ccncc1. The Labute approximate surface area is 164 Å². The lowest BCUT2D eigenvalue weighted by molar-refractivity contribution is -0.120. The Bertz CT molecular complexity index is 918. The van der Waals surface area contributed by atoms with Crippen LogP contribution in [0.1, 0.15) is 18.4 Å². The molecule has 2 aromatic heterocycles. The monoisotopic (exact) mass is 374 g/mol. The maximum absolute atomic E-state index is 13.0. The van der Waals surface area contributed by atoms with Crippen LogP contribution < -0.4 is 10.1 Å². The van der Waals surface area contributed by atoms with Gasteiger partial charge in [-0.05, 0) is 61.3 Å². The molecule has 0 aliphatic carbocycles. The molecule has 28 heavy (non-hydrogen) atoms. The Balaban J connectivity index is 1.46. The molecule has 142 valence electrons. The number of hydrogen-bond donors (Lipinski definition) is 1. The van der Waals surface area contributed by atoms with Crippen molar-refractivity contribution in [3.05, 3.63) is 78.9 Å². The fraction of sp³-hybridized carbons (Fsp3) is 0.227. The van der Waals surface area contributed by atoms with Crippen LogP contribution in [0.2, 0.25) is 0 Å². The molecule has 6 heteroatoms. The number of para-hydroxylation sites is 2. The third kappa shape index (κ3) is 4.35. The molecule has 0 unspecified atom stereocenters. The zero-order chi connectivity index (χ0) is 19.2. The second-order valence-electron chi connectivity index (χ2n) is 6.76. The number of likely N-dealkylation sites (tertiary alicyclic amines) is 1. The van der Waals surface area contributed by atoms with Crippen molar-refractivity contribution in [1.29, 1.82) is 0 Å². The van der Waals surface area contributed by atoms with E-state index >= 15 is 0 Å². The second-order valence-corrected chi connectivity index (χ2v) is 6.76. The number of anilines is 1. The summed E-state index contributed by atoms with van der Waals surface area (Å²) in [4.78, 5) is 23.3. The van der Waals surface area contributed by atoms with Crippen LogP contribution in [-0.2, 0) is 11.3 Å². The number of benzene rings is 1. The van der Waals surface area contributed by atoms with Crippen molar-refractivity contribution in [3.8, 4) is 11.5 Å². The maximum atomic E-state index is 13.0. The molecule has 0 saturated carbocycles. The third-order valence-electron chi connectivity index (χ3n) is 4.81. The van der Waals surface area contributed by atoms with Gasteiger partial charge >= 0.3 is 0 Å². The van der Waals surface area contributed by atoms with Gasteiger partial charge in [-0.3, -0.25) is 19.7 Å². The van der Waals surface area contributed by atoms with Crippen LogP contribution in [0.25, 0.3) is 0 Å². The zero-order valence-corrected chi connectivity index (χ0v) is 15.5. The molecule has 1 N–H and O–H groups in total. The Morgan fingerprint density at radius 2 is 1.93 bits per heavy atom. The number of carbonyl (C=O) groups is 1. The van der Waals surface area contributed by atoms with E-state index in [0.29, 0.717) is 17.2 Å². The first-order chi connectivity index (χ1) is 13.8. The molecule has 6 nitrogen and oxygen atoms in total. The average molecular weight is 374 g/mol. The summed E-state index contributed by atoms with van der Waals surface area (Å²) in [6.45, 7) is 1.66. The molecule has 1 fully saturated rings. The second kappa shape index (κ2) is 8.63. The van der Waals surface area contributed by atoms with Gasteiger partial charge in [0.2, 0.25) is 5.91 Å². The van der Waals surface area contributed by atoms with Gasteiger partial charge < -0.3 is 10.1 Å². The van der Waals surface area contributed by atoms with E-state index < -0.39 is 0 Å². The largest absolute Gasteiger partial charge is 0.454 e. The number of aromatic nitrogens is 2. The van der Waals surface area contributed by atoms with Crippen molar-refractivity contribution < 1.29 is 9.53 Å². The maximum Gasteiger partial charge on any atom is 0.241 e. The number of hydrogen-bond acceptors (Lipinski definition) is 5. The van der Waals surface area contributed by atoms with Crippen LogP contribution in [0.15, 0.2) is 73.3 Å². The Kier molecular flexibility index (Phi) is 5.58. The van der Waals surface area contributed by atoms with E-state index in [9.17, 15) is 4.79 Å². The van der Waals surface area contributed by atoms with Gasteiger partial charge in [0.1, 0.15) is 5.75 Å². The van der Waals surface area contributed by atoms with Crippen molar-refractivity contribution in [3.63, 3.8) is 0 Å². The van der Waals surface area contributed by atoms with Crippen LogP contribution in [0.5, 0.6) is 11.5 Å². The molecule has 1 aromatic carbocycles. The molecular formula is C22H22N4O2. The highest BCUT2D eigenvalue weighted by Gasteiger charge is 2.31. The topological polar surface area (TPSA) is 67.3 Å². The standard InChI is InChI=1S/C22H22N4O2/c27-22(20-7-4-14-26(20)16-17-9-12-23-13-10-17)25-19-6-1-2-8-21(19)28-18-5-3-11-24-15-18/h1-3,5-6,8-13,15,20H,4,7,14,16H2,(H,25,27)/t20-/m0/s1. The van der Waals surface area contributed by atoms with Crippen LogP contribution in [0.4, 0.5) is 5.69 Å². The van der Waals surface area contributed by atoms with Crippen molar-refractivity contribution in [2.45, 2.75) is 25.4 Å². The predicted molar refractivity (Wildman–Crippen MR) is 107 cm³/mol. The summed E-state index contributed by atoms with van der Waals surface area (Å²) in [6, 6.07) is 14.9. The minimum atomic E-state index is -0.153. The molecule has 3 aromatic rings. The first-order valence-corrected chi connectivity index (χ1v) is 9.40. The number of nitrogens with one attached hydrogen (secondary N) is 1. The zero-order valence-electron chi connectivity index (χ0n) is 15.5. The number of pyridine rings is 2. The van der Waals surface area contributed by atoms with Gasteiger partial charge in [0.25, 0.3) is 0 Å². The summed E-state index contributed by atoms with van der Waals surface area (Å²) in [5.74, 6) is 1.22. The minimum Gasteiger partial charge on any atom is -0.454 e. The highest BCUT2D eigenvalue weighted by atomic mass is 16.5. The molecule has 1 amide bonds. The first kappa shape index (κ1) is 18.1. The van der Waals surface area contributed by atoms with E-state index in [1.165, 1.54) is 0 Å². The number of nitrogens with zero attached hydrogens (tertiary/aromatic N) is 3. The van der Waals surface area contributed by atoms with Crippen molar-refractivity contribution in [1.82, 2.24) is 14.9 Å². The smallest absolute Gasteiger partial charge is 0.241 e. The molecule has 3 heterocycles. The van der Waals surface area contributed by atoms with Gasteiger partial charge in [-0.25, -0.2) is 0 Å². The Hall–Kier alpha value is -3.25. The fourth-order valence-electron chi connectivity index (χ4n) is 3.44. The summed E-state index contributed by atoms with van der Waals surface area (Å²) >= 11 is 0. The molecule has 1 aliphatic heterocycles. The lowest BCUT2D eigenvalue weighted by Gasteiger charge is -2.24. The van der Waals surface area contributed by atoms with Gasteiger partial charge in [0.05, 0.1) is 17.9 Å². The Morgan fingerprint density at radius 1 is 1.07 bits per heavy atom. The molecule has 1 atom stereocenters. The Morgan fingerprint density at radius 3 is 2.75 bits per heavy atom. The number of amides is 1. The van der Waals surface area contributed by atoms with Crippen LogP contribution in [0, 0.1) is 0 Å². The summed E-state index contributed by atoms with van der Waals surface area (Å²) in [5.41, 5.74) is 1.82. The normalized spacial score (nSPS) is 16.6. The fourth-order valence-corrected chi connectivity index (χ4v) is 3.44.